The standard InChI is InChI=1S/C7H16N2O.C6H14N2/c1-10-7-6-9-4-2-8-3-5-9;1-2-8-5-3-7-4-6-8/h8H,2-7H2,1H3;7H,2-6H2,1H3. The first-order valence-corrected chi connectivity index (χ1v) is 7.22. The van der Waals surface area contributed by atoms with Gasteiger partial charge in [0.05, 0.1) is 6.61 Å². The summed E-state index contributed by atoms with van der Waals surface area (Å²) >= 11 is 0. The van der Waals surface area contributed by atoms with Gasteiger partial charge < -0.3 is 20.3 Å². The molecule has 2 saturated heterocycles. The molecule has 5 nitrogen and oxygen atoms in total. The molecule has 0 aromatic heterocycles. The lowest BCUT2D eigenvalue weighted by molar-refractivity contribution is 0.139. The highest BCUT2D eigenvalue weighted by Gasteiger charge is 2.07. The summed E-state index contributed by atoms with van der Waals surface area (Å²) in [4.78, 5) is 4.87. The Morgan fingerprint density at radius 3 is 1.78 bits per heavy atom. The summed E-state index contributed by atoms with van der Waals surface area (Å²) in [7, 11) is 1.75. The summed E-state index contributed by atoms with van der Waals surface area (Å²) in [5.74, 6) is 0. The smallest absolute Gasteiger partial charge is 0.0589 e. The molecule has 0 aromatic carbocycles. The molecule has 2 rings (SSSR count). The minimum Gasteiger partial charge on any atom is -0.383 e. The Balaban J connectivity index is 0.000000184. The van der Waals surface area contributed by atoms with Crippen molar-refractivity contribution < 1.29 is 4.74 Å². The predicted molar refractivity (Wildman–Crippen MR) is 76.2 cm³/mol. The Bertz CT molecular complexity index is 180. The van der Waals surface area contributed by atoms with Crippen molar-refractivity contribution in [1.82, 2.24) is 20.4 Å². The van der Waals surface area contributed by atoms with Crippen molar-refractivity contribution in [3.63, 3.8) is 0 Å². The zero-order chi connectivity index (χ0) is 13.1. The highest BCUT2D eigenvalue weighted by molar-refractivity contribution is 4.66. The van der Waals surface area contributed by atoms with Crippen LogP contribution in [0.2, 0.25) is 0 Å². The molecule has 108 valence electrons. The normalized spacial score (nSPS) is 22.3. The first-order chi connectivity index (χ1) is 8.86. The average Bonchev–Trinajstić information content (AvgIpc) is 2.48. The SMILES string of the molecule is CCN1CCNCC1.COCCN1CCNCC1. The molecule has 0 aromatic rings. The van der Waals surface area contributed by atoms with Gasteiger partial charge in [-0.05, 0) is 6.54 Å². The summed E-state index contributed by atoms with van der Waals surface area (Å²) < 4.78 is 4.98. The van der Waals surface area contributed by atoms with E-state index in [4.69, 9.17) is 4.74 Å². The van der Waals surface area contributed by atoms with Gasteiger partial charge in [-0.2, -0.15) is 0 Å². The second-order valence-corrected chi connectivity index (χ2v) is 4.77. The van der Waals surface area contributed by atoms with Gasteiger partial charge in [-0.15, -0.1) is 0 Å². The maximum Gasteiger partial charge on any atom is 0.0589 e. The van der Waals surface area contributed by atoms with E-state index in [1.165, 1.54) is 45.8 Å². The molecular formula is C13H30N4O. The van der Waals surface area contributed by atoms with E-state index in [1.807, 2.05) is 0 Å². The molecule has 2 aliphatic heterocycles. The second-order valence-electron chi connectivity index (χ2n) is 4.77. The molecule has 0 unspecified atom stereocenters. The third kappa shape index (κ3) is 7.28. The van der Waals surface area contributed by atoms with Crippen LogP contribution in [0.1, 0.15) is 6.92 Å². The molecule has 0 atom stereocenters. The molecule has 18 heavy (non-hydrogen) atoms. The molecule has 0 radical (unpaired) electrons. The van der Waals surface area contributed by atoms with E-state index in [9.17, 15) is 0 Å². The first-order valence-electron chi connectivity index (χ1n) is 7.22. The van der Waals surface area contributed by atoms with Crippen LogP contribution in [-0.4, -0.2) is 89.0 Å². The van der Waals surface area contributed by atoms with Crippen molar-refractivity contribution in [2.75, 3.05) is 79.2 Å². The zero-order valence-corrected chi connectivity index (χ0v) is 12.1. The summed E-state index contributed by atoms with van der Waals surface area (Å²) in [5.41, 5.74) is 0. The minimum absolute atomic E-state index is 0.861. The van der Waals surface area contributed by atoms with Crippen molar-refractivity contribution in [2.24, 2.45) is 0 Å². The predicted octanol–water partition coefficient (Wildman–Crippen LogP) is -0.550. The van der Waals surface area contributed by atoms with Crippen LogP contribution in [0.25, 0.3) is 0 Å². The van der Waals surface area contributed by atoms with E-state index in [0.29, 0.717) is 0 Å². The van der Waals surface area contributed by atoms with Crippen LogP contribution in [0.5, 0.6) is 0 Å². The number of hydrogen-bond donors (Lipinski definition) is 2. The van der Waals surface area contributed by atoms with E-state index >= 15 is 0 Å². The van der Waals surface area contributed by atoms with Crippen LogP contribution in [0.4, 0.5) is 0 Å². The van der Waals surface area contributed by atoms with E-state index in [-0.39, 0.29) is 0 Å². The fourth-order valence-electron chi connectivity index (χ4n) is 2.18. The van der Waals surface area contributed by atoms with Crippen molar-refractivity contribution in [2.45, 2.75) is 6.92 Å². The van der Waals surface area contributed by atoms with Gasteiger partial charge in [0.2, 0.25) is 0 Å². The van der Waals surface area contributed by atoms with Gasteiger partial charge in [0, 0.05) is 66.0 Å². The maximum absolute atomic E-state index is 4.98. The van der Waals surface area contributed by atoms with Crippen molar-refractivity contribution in [3.8, 4) is 0 Å². The average molecular weight is 258 g/mol. The lowest BCUT2D eigenvalue weighted by atomic mass is 10.4. The van der Waals surface area contributed by atoms with E-state index in [0.717, 1.165) is 26.2 Å². The number of likely N-dealkylation sites (N-methyl/N-ethyl adjacent to an activating group) is 1. The van der Waals surface area contributed by atoms with E-state index < -0.39 is 0 Å². The third-order valence-electron chi connectivity index (χ3n) is 3.48. The van der Waals surface area contributed by atoms with Gasteiger partial charge in [0.25, 0.3) is 0 Å². The number of rotatable bonds is 4. The molecule has 0 bridgehead atoms. The van der Waals surface area contributed by atoms with Gasteiger partial charge in [0.1, 0.15) is 0 Å². The van der Waals surface area contributed by atoms with Crippen molar-refractivity contribution >= 4 is 0 Å². The molecule has 0 saturated carbocycles. The van der Waals surface area contributed by atoms with Gasteiger partial charge in [0.15, 0.2) is 0 Å². The van der Waals surface area contributed by atoms with Crippen LogP contribution >= 0.6 is 0 Å². The largest absolute Gasteiger partial charge is 0.383 e. The number of ether oxygens (including phenoxy) is 1. The summed E-state index contributed by atoms with van der Waals surface area (Å²) in [6.07, 6.45) is 0. The highest BCUT2D eigenvalue weighted by Crippen LogP contribution is 1.90. The number of hydrogen-bond acceptors (Lipinski definition) is 5. The van der Waals surface area contributed by atoms with Gasteiger partial charge >= 0.3 is 0 Å². The van der Waals surface area contributed by atoms with E-state index in [2.05, 4.69) is 27.4 Å². The number of piperazine rings is 2. The van der Waals surface area contributed by atoms with Gasteiger partial charge in [-0.25, -0.2) is 0 Å². The number of nitrogens with one attached hydrogen (secondary N) is 2. The third-order valence-corrected chi connectivity index (χ3v) is 3.48. The zero-order valence-electron chi connectivity index (χ0n) is 12.1. The molecule has 2 aliphatic rings. The first kappa shape index (κ1) is 15.9. The molecule has 5 heteroatoms. The molecule has 2 heterocycles. The van der Waals surface area contributed by atoms with Gasteiger partial charge in [-0.1, -0.05) is 6.92 Å². The van der Waals surface area contributed by atoms with Gasteiger partial charge in [-0.3, -0.25) is 4.90 Å². The number of methoxy groups -OCH3 is 1. The Hall–Kier alpha value is -0.200. The molecule has 0 amide bonds. The molecule has 0 spiro atoms. The topological polar surface area (TPSA) is 39.8 Å². The van der Waals surface area contributed by atoms with E-state index in [1.54, 1.807) is 7.11 Å². The fraction of sp³-hybridized carbons (Fsp3) is 1.00. The minimum atomic E-state index is 0.861. The van der Waals surface area contributed by atoms with Crippen LogP contribution in [-0.2, 0) is 4.74 Å². The lowest BCUT2D eigenvalue weighted by Gasteiger charge is -2.26. The molecule has 0 aliphatic carbocycles. The van der Waals surface area contributed by atoms with Crippen LogP contribution < -0.4 is 10.6 Å². The van der Waals surface area contributed by atoms with Crippen LogP contribution in [0, 0.1) is 0 Å². The molecule has 2 fully saturated rings. The highest BCUT2D eigenvalue weighted by atomic mass is 16.5. The fourth-order valence-corrected chi connectivity index (χ4v) is 2.18. The quantitative estimate of drug-likeness (QED) is 0.708. The monoisotopic (exact) mass is 258 g/mol. The Morgan fingerprint density at radius 1 is 0.889 bits per heavy atom. The van der Waals surface area contributed by atoms with Crippen molar-refractivity contribution in [3.05, 3.63) is 0 Å². The molecular weight excluding hydrogens is 228 g/mol. The van der Waals surface area contributed by atoms with Crippen LogP contribution in [0.15, 0.2) is 0 Å². The maximum atomic E-state index is 4.98. The lowest BCUT2D eigenvalue weighted by Crippen LogP contribution is -2.44. The summed E-state index contributed by atoms with van der Waals surface area (Å²) in [6, 6.07) is 0. The van der Waals surface area contributed by atoms with Crippen molar-refractivity contribution in [1.29, 1.82) is 0 Å². The Morgan fingerprint density at radius 2 is 1.39 bits per heavy atom. The molecule has 2 N–H and O–H groups in total. The number of nitrogens with zero attached hydrogens (tertiary/aromatic N) is 2. The summed E-state index contributed by atoms with van der Waals surface area (Å²) in [5, 5.41) is 6.62. The van der Waals surface area contributed by atoms with Crippen LogP contribution in [0.3, 0.4) is 0 Å². The summed E-state index contributed by atoms with van der Waals surface area (Å²) in [6.45, 7) is 14.8. The Labute approximate surface area is 112 Å². The Kier molecular flexibility index (Phi) is 9.42. The second kappa shape index (κ2) is 10.7.